The Hall–Kier alpha value is -2.29. The van der Waals surface area contributed by atoms with Gasteiger partial charge in [-0.05, 0) is 29.2 Å². The van der Waals surface area contributed by atoms with Crippen LogP contribution in [0.3, 0.4) is 0 Å². The van der Waals surface area contributed by atoms with Gasteiger partial charge in [0.1, 0.15) is 5.75 Å². The second-order valence-corrected chi connectivity index (χ2v) is 5.80. The van der Waals surface area contributed by atoms with Crippen molar-refractivity contribution in [1.29, 1.82) is 0 Å². The molecule has 0 aliphatic rings. The molecular weight excluding hydrogens is 250 g/mol. The molecule has 0 aliphatic carbocycles. The fraction of sp³-hybridized carbons (Fsp3) is 0.235. The average Bonchev–Trinajstić information content (AvgIpc) is 2.37. The number of phenolic OH excluding ortho intramolecular Hbond substituents is 1. The number of aromatic hydroxyl groups is 1. The Balaban J connectivity index is 2.31. The molecule has 0 atom stereocenters. The Morgan fingerprint density at radius 3 is 2.40 bits per heavy atom. The first-order valence-corrected chi connectivity index (χ1v) is 6.58. The van der Waals surface area contributed by atoms with Gasteiger partial charge < -0.3 is 10.4 Å². The van der Waals surface area contributed by atoms with Crippen LogP contribution in [0.1, 0.15) is 36.7 Å². The van der Waals surface area contributed by atoms with E-state index in [1.165, 1.54) is 6.07 Å². The lowest BCUT2D eigenvalue weighted by Gasteiger charge is -2.22. The predicted octanol–water partition coefficient (Wildman–Crippen LogP) is 3.94. The highest BCUT2D eigenvalue weighted by atomic mass is 16.3. The van der Waals surface area contributed by atoms with Crippen molar-refractivity contribution in [3.05, 3.63) is 59.7 Å². The van der Waals surface area contributed by atoms with Gasteiger partial charge in [-0.2, -0.15) is 0 Å². The molecule has 2 aromatic carbocycles. The number of carbonyl (C=O) groups is 1. The van der Waals surface area contributed by atoms with Crippen LogP contribution < -0.4 is 5.32 Å². The minimum Gasteiger partial charge on any atom is -0.508 e. The maximum atomic E-state index is 12.4. The molecule has 0 saturated heterocycles. The first kappa shape index (κ1) is 14.1. The number of anilines is 1. The summed E-state index contributed by atoms with van der Waals surface area (Å²) in [6.07, 6.45) is 0. The Kier molecular flexibility index (Phi) is 3.79. The number of phenols is 1. The number of hydrogen-bond acceptors (Lipinski definition) is 2. The van der Waals surface area contributed by atoms with Gasteiger partial charge in [0.2, 0.25) is 0 Å². The van der Waals surface area contributed by atoms with Crippen molar-refractivity contribution in [1.82, 2.24) is 0 Å². The van der Waals surface area contributed by atoms with Crippen LogP contribution in [0, 0.1) is 0 Å². The molecule has 2 rings (SSSR count). The Labute approximate surface area is 119 Å². The molecule has 1 amide bonds. The first-order valence-electron chi connectivity index (χ1n) is 6.58. The molecule has 104 valence electrons. The lowest BCUT2D eigenvalue weighted by atomic mass is 9.83. The predicted molar refractivity (Wildman–Crippen MR) is 81.2 cm³/mol. The van der Waals surface area contributed by atoms with E-state index >= 15 is 0 Å². The van der Waals surface area contributed by atoms with Gasteiger partial charge in [0.15, 0.2) is 0 Å². The molecule has 0 heterocycles. The maximum absolute atomic E-state index is 12.4. The number of hydrogen-bond donors (Lipinski definition) is 2. The highest BCUT2D eigenvalue weighted by molar-refractivity contribution is 6.05. The lowest BCUT2D eigenvalue weighted by Crippen LogP contribution is -2.20. The largest absolute Gasteiger partial charge is 0.508 e. The molecule has 0 bridgehead atoms. The van der Waals surface area contributed by atoms with E-state index in [0.717, 1.165) is 5.56 Å². The van der Waals surface area contributed by atoms with E-state index in [-0.39, 0.29) is 17.1 Å². The van der Waals surface area contributed by atoms with Crippen molar-refractivity contribution in [3.8, 4) is 5.75 Å². The molecule has 0 spiro atoms. The fourth-order valence-corrected chi connectivity index (χ4v) is 2.12. The third-order valence-electron chi connectivity index (χ3n) is 3.08. The number of nitrogens with one attached hydrogen (secondary N) is 1. The fourth-order valence-electron chi connectivity index (χ4n) is 2.12. The van der Waals surface area contributed by atoms with Gasteiger partial charge >= 0.3 is 0 Å². The van der Waals surface area contributed by atoms with Gasteiger partial charge in [0.25, 0.3) is 5.91 Å². The van der Waals surface area contributed by atoms with E-state index in [1.807, 2.05) is 24.3 Å². The van der Waals surface area contributed by atoms with Gasteiger partial charge in [-0.1, -0.05) is 45.0 Å². The molecule has 0 unspecified atom stereocenters. The van der Waals surface area contributed by atoms with Crippen LogP contribution in [0.4, 0.5) is 5.69 Å². The van der Waals surface area contributed by atoms with Gasteiger partial charge in [-0.25, -0.2) is 0 Å². The molecule has 3 nitrogen and oxygen atoms in total. The third kappa shape index (κ3) is 3.18. The van der Waals surface area contributed by atoms with Crippen LogP contribution in [0.2, 0.25) is 0 Å². The summed E-state index contributed by atoms with van der Waals surface area (Å²) >= 11 is 0. The molecule has 0 fully saturated rings. The first-order chi connectivity index (χ1) is 9.38. The summed E-state index contributed by atoms with van der Waals surface area (Å²) in [7, 11) is 0. The summed E-state index contributed by atoms with van der Waals surface area (Å²) in [6.45, 7) is 6.23. The molecule has 2 N–H and O–H groups in total. The zero-order valence-corrected chi connectivity index (χ0v) is 12.0. The van der Waals surface area contributed by atoms with Gasteiger partial charge in [0.05, 0.1) is 0 Å². The van der Waals surface area contributed by atoms with Crippen LogP contribution in [0.15, 0.2) is 48.5 Å². The van der Waals surface area contributed by atoms with Crippen molar-refractivity contribution in [2.24, 2.45) is 0 Å². The number of amides is 1. The summed E-state index contributed by atoms with van der Waals surface area (Å²) < 4.78 is 0. The third-order valence-corrected chi connectivity index (χ3v) is 3.08. The van der Waals surface area contributed by atoms with Crippen LogP contribution in [0.5, 0.6) is 5.75 Å². The highest BCUT2D eigenvalue weighted by Gasteiger charge is 2.21. The monoisotopic (exact) mass is 269 g/mol. The summed E-state index contributed by atoms with van der Waals surface area (Å²) in [5.74, 6) is -0.0342. The average molecular weight is 269 g/mol. The summed E-state index contributed by atoms with van der Waals surface area (Å²) in [6, 6.07) is 14.1. The highest BCUT2D eigenvalue weighted by Crippen LogP contribution is 2.26. The Morgan fingerprint density at radius 1 is 1.05 bits per heavy atom. The van der Waals surface area contributed by atoms with Crippen molar-refractivity contribution >= 4 is 11.6 Å². The minimum absolute atomic E-state index is 0.104. The Bertz CT molecular complexity index is 627. The zero-order valence-electron chi connectivity index (χ0n) is 12.0. The molecule has 0 aromatic heterocycles. The van der Waals surface area contributed by atoms with Crippen molar-refractivity contribution in [2.75, 3.05) is 5.32 Å². The SMILES string of the molecule is CC(C)(C)c1ccccc1C(=O)Nc1cccc(O)c1. The summed E-state index contributed by atoms with van der Waals surface area (Å²) in [4.78, 5) is 12.4. The molecule has 0 aliphatic heterocycles. The van der Waals surface area contributed by atoms with Crippen molar-refractivity contribution in [3.63, 3.8) is 0 Å². The minimum atomic E-state index is -0.166. The van der Waals surface area contributed by atoms with Crippen LogP contribution in [0.25, 0.3) is 0 Å². The summed E-state index contributed by atoms with van der Waals surface area (Å²) in [5, 5.41) is 12.2. The Morgan fingerprint density at radius 2 is 1.75 bits per heavy atom. The number of benzene rings is 2. The standard InChI is InChI=1S/C17H19NO2/c1-17(2,3)15-10-5-4-9-14(15)16(20)18-12-7-6-8-13(19)11-12/h4-11,19H,1-3H3,(H,18,20). The normalized spacial score (nSPS) is 11.2. The molecule has 0 radical (unpaired) electrons. The van der Waals surface area contributed by atoms with Gasteiger partial charge in [0, 0.05) is 17.3 Å². The maximum Gasteiger partial charge on any atom is 0.255 e. The van der Waals surface area contributed by atoms with Crippen LogP contribution >= 0.6 is 0 Å². The zero-order chi connectivity index (χ0) is 14.8. The van der Waals surface area contributed by atoms with Gasteiger partial charge in [-0.15, -0.1) is 0 Å². The molecule has 3 heteroatoms. The van der Waals surface area contributed by atoms with Crippen molar-refractivity contribution in [2.45, 2.75) is 26.2 Å². The lowest BCUT2D eigenvalue weighted by molar-refractivity contribution is 0.102. The van der Waals surface area contributed by atoms with Crippen LogP contribution in [-0.4, -0.2) is 11.0 Å². The number of rotatable bonds is 2. The van der Waals surface area contributed by atoms with Gasteiger partial charge in [-0.3, -0.25) is 4.79 Å². The van der Waals surface area contributed by atoms with E-state index in [4.69, 9.17) is 0 Å². The quantitative estimate of drug-likeness (QED) is 0.867. The second-order valence-electron chi connectivity index (χ2n) is 5.80. The molecule has 2 aromatic rings. The van der Waals surface area contributed by atoms with Crippen LogP contribution in [-0.2, 0) is 5.41 Å². The van der Waals surface area contributed by atoms with E-state index < -0.39 is 0 Å². The van der Waals surface area contributed by atoms with E-state index in [0.29, 0.717) is 11.3 Å². The molecule has 0 saturated carbocycles. The number of carbonyl (C=O) groups excluding carboxylic acids is 1. The topological polar surface area (TPSA) is 49.3 Å². The summed E-state index contributed by atoms with van der Waals surface area (Å²) in [5.41, 5.74) is 2.13. The molecular formula is C17H19NO2. The smallest absolute Gasteiger partial charge is 0.255 e. The molecule has 20 heavy (non-hydrogen) atoms. The van der Waals surface area contributed by atoms with E-state index in [1.54, 1.807) is 18.2 Å². The van der Waals surface area contributed by atoms with Crippen molar-refractivity contribution < 1.29 is 9.90 Å². The second kappa shape index (κ2) is 5.37. The van der Waals surface area contributed by atoms with E-state index in [9.17, 15) is 9.90 Å². The van der Waals surface area contributed by atoms with E-state index in [2.05, 4.69) is 26.1 Å².